The molecule has 0 aromatic carbocycles. The molecule has 3 rings (SSSR count). The molecule has 7 nitrogen and oxygen atoms in total. The number of hydrogen-bond donors (Lipinski definition) is 1. The Kier molecular flexibility index (Phi) is 3.14. The second-order valence-corrected chi connectivity index (χ2v) is 5.45. The van der Waals surface area contributed by atoms with Crippen molar-refractivity contribution in [3.63, 3.8) is 0 Å². The lowest BCUT2D eigenvalue weighted by atomic mass is 10.2. The number of rotatable bonds is 5. The van der Waals surface area contributed by atoms with E-state index in [1.54, 1.807) is 7.05 Å². The molecular formula is C12H19N5O2. The first-order chi connectivity index (χ1) is 9.15. The van der Waals surface area contributed by atoms with Gasteiger partial charge in [-0.25, -0.2) is 0 Å². The van der Waals surface area contributed by atoms with Gasteiger partial charge in [-0.2, -0.15) is 0 Å². The van der Waals surface area contributed by atoms with Crippen LogP contribution in [-0.4, -0.2) is 39.9 Å². The van der Waals surface area contributed by atoms with Crippen LogP contribution < -0.4 is 10.2 Å². The number of nitrogens with zero attached hydrogens (tertiary/aromatic N) is 4. The lowest BCUT2D eigenvalue weighted by Crippen LogP contribution is -2.39. The number of aryl methyl sites for hydroxylation is 1. The molecule has 1 saturated heterocycles. The third-order valence-corrected chi connectivity index (χ3v) is 3.83. The van der Waals surface area contributed by atoms with Crippen LogP contribution in [0.2, 0.25) is 0 Å². The van der Waals surface area contributed by atoms with Crippen molar-refractivity contribution >= 4 is 11.5 Å². The molecule has 1 aliphatic heterocycles. The predicted molar refractivity (Wildman–Crippen MR) is 71.3 cm³/mol. The predicted octanol–water partition coefficient (Wildman–Crippen LogP) is 1.05. The van der Waals surface area contributed by atoms with Crippen LogP contribution in [0.5, 0.6) is 0 Å². The molecule has 1 N–H and O–H groups in total. The van der Waals surface area contributed by atoms with Crippen molar-refractivity contribution in [2.75, 3.05) is 18.0 Å². The zero-order valence-corrected chi connectivity index (χ0v) is 11.1. The van der Waals surface area contributed by atoms with Crippen LogP contribution in [0.15, 0.2) is 6.20 Å². The minimum Gasteiger partial charge on any atom is -0.345 e. The number of aromatic nitrogens is 2. The highest BCUT2D eigenvalue weighted by Gasteiger charge is 2.36. The molecule has 19 heavy (non-hydrogen) atoms. The molecule has 0 radical (unpaired) electrons. The summed E-state index contributed by atoms with van der Waals surface area (Å²) in [5, 5.41) is 18.9. The second kappa shape index (κ2) is 4.80. The van der Waals surface area contributed by atoms with Crippen LogP contribution in [-0.2, 0) is 7.05 Å². The van der Waals surface area contributed by atoms with Gasteiger partial charge in [0.1, 0.15) is 6.20 Å². The fraction of sp³-hybridized carbons (Fsp3) is 0.750. The highest BCUT2D eigenvalue weighted by molar-refractivity contribution is 5.58. The van der Waals surface area contributed by atoms with Gasteiger partial charge in [0.2, 0.25) is 5.82 Å². The van der Waals surface area contributed by atoms with E-state index in [2.05, 4.69) is 15.3 Å². The zero-order valence-electron chi connectivity index (χ0n) is 11.1. The Hall–Kier alpha value is -1.63. The average Bonchev–Trinajstić information content (AvgIpc) is 2.92. The van der Waals surface area contributed by atoms with Crippen LogP contribution in [0.3, 0.4) is 0 Å². The maximum absolute atomic E-state index is 11.1. The summed E-state index contributed by atoms with van der Waals surface area (Å²) in [6.07, 6.45) is 6.05. The van der Waals surface area contributed by atoms with E-state index in [-0.39, 0.29) is 10.6 Å². The van der Waals surface area contributed by atoms with E-state index >= 15 is 0 Å². The van der Waals surface area contributed by atoms with Gasteiger partial charge < -0.3 is 10.2 Å². The van der Waals surface area contributed by atoms with Crippen LogP contribution in [0.25, 0.3) is 0 Å². The van der Waals surface area contributed by atoms with Gasteiger partial charge in [-0.3, -0.25) is 14.8 Å². The van der Waals surface area contributed by atoms with Gasteiger partial charge in [0.15, 0.2) is 0 Å². The van der Waals surface area contributed by atoms with E-state index < -0.39 is 0 Å². The van der Waals surface area contributed by atoms with Crippen LogP contribution in [0.4, 0.5) is 11.5 Å². The van der Waals surface area contributed by atoms with Crippen molar-refractivity contribution in [1.82, 2.24) is 15.1 Å². The summed E-state index contributed by atoms with van der Waals surface area (Å²) >= 11 is 0. The van der Waals surface area contributed by atoms with Gasteiger partial charge in [-0.05, 0) is 32.2 Å². The molecule has 1 aliphatic carbocycles. The standard InChI is InChI=1S/C12H19N5O2/c1-15-8-11(17(18)19)12(14-15)16(10-4-5-10)7-9-3-2-6-13-9/h8-10,13H,2-7H2,1H3. The first-order valence-electron chi connectivity index (χ1n) is 6.83. The third kappa shape index (κ3) is 2.56. The quantitative estimate of drug-likeness (QED) is 0.636. The Morgan fingerprint density at radius 3 is 2.95 bits per heavy atom. The van der Waals surface area contributed by atoms with Crippen molar-refractivity contribution in [2.45, 2.75) is 37.8 Å². The van der Waals surface area contributed by atoms with Gasteiger partial charge in [0.25, 0.3) is 0 Å². The van der Waals surface area contributed by atoms with Crippen molar-refractivity contribution in [2.24, 2.45) is 7.05 Å². The molecule has 104 valence electrons. The SMILES string of the molecule is Cn1cc([N+](=O)[O-])c(N(CC2CCCN2)C2CC2)n1. The Morgan fingerprint density at radius 1 is 1.58 bits per heavy atom. The van der Waals surface area contributed by atoms with Gasteiger partial charge in [-0.1, -0.05) is 0 Å². The molecule has 2 heterocycles. The van der Waals surface area contributed by atoms with Gasteiger partial charge >= 0.3 is 5.69 Å². The molecule has 7 heteroatoms. The number of anilines is 1. The normalized spacial score (nSPS) is 22.7. The molecule has 1 saturated carbocycles. The average molecular weight is 265 g/mol. The van der Waals surface area contributed by atoms with E-state index in [1.807, 2.05) is 0 Å². The largest absolute Gasteiger partial charge is 0.345 e. The van der Waals surface area contributed by atoms with E-state index in [0.29, 0.717) is 17.9 Å². The van der Waals surface area contributed by atoms with Crippen molar-refractivity contribution in [1.29, 1.82) is 0 Å². The summed E-state index contributed by atoms with van der Waals surface area (Å²) < 4.78 is 1.53. The van der Waals surface area contributed by atoms with Crippen LogP contribution in [0.1, 0.15) is 25.7 Å². The molecule has 1 aromatic rings. The van der Waals surface area contributed by atoms with Crippen molar-refractivity contribution in [3.05, 3.63) is 16.3 Å². The minimum absolute atomic E-state index is 0.118. The van der Waals surface area contributed by atoms with Crippen molar-refractivity contribution < 1.29 is 4.92 Å². The van der Waals surface area contributed by atoms with Gasteiger partial charge in [0.05, 0.1) is 4.92 Å². The summed E-state index contributed by atoms with van der Waals surface area (Å²) in [6.45, 7) is 1.87. The third-order valence-electron chi connectivity index (χ3n) is 3.83. The van der Waals surface area contributed by atoms with E-state index in [4.69, 9.17) is 0 Å². The lowest BCUT2D eigenvalue weighted by molar-refractivity contribution is -0.384. The van der Waals surface area contributed by atoms with E-state index in [9.17, 15) is 10.1 Å². The molecule has 0 amide bonds. The Balaban J connectivity index is 1.84. The van der Waals surface area contributed by atoms with Gasteiger partial charge in [-0.15, -0.1) is 5.10 Å². The summed E-state index contributed by atoms with van der Waals surface area (Å²) in [4.78, 5) is 12.9. The first-order valence-corrected chi connectivity index (χ1v) is 6.83. The van der Waals surface area contributed by atoms with Crippen LogP contribution in [0, 0.1) is 10.1 Å². The molecule has 1 aromatic heterocycles. The highest BCUT2D eigenvalue weighted by atomic mass is 16.6. The molecule has 0 bridgehead atoms. The number of nitro groups is 1. The maximum atomic E-state index is 11.1. The topological polar surface area (TPSA) is 76.2 Å². The summed E-state index contributed by atoms with van der Waals surface area (Å²) in [6, 6.07) is 0.859. The maximum Gasteiger partial charge on any atom is 0.330 e. The van der Waals surface area contributed by atoms with E-state index in [1.165, 1.54) is 17.3 Å². The molecule has 1 unspecified atom stereocenters. The summed E-state index contributed by atoms with van der Waals surface area (Å²) in [5.41, 5.74) is 0.118. The molecule has 2 aliphatic rings. The summed E-state index contributed by atoms with van der Waals surface area (Å²) in [5.74, 6) is 0.531. The molecule has 0 spiro atoms. The number of hydrogen-bond acceptors (Lipinski definition) is 5. The van der Waals surface area contributed by atoms with Crippen molar-refractivity contribution in [3.8, 4) is 0 Å². The first kappa shape index (κ1) is 12.4. The highest BCUT2D eigenvalue weighted by Crippen LogP contribution is 2.36. The minimum atomic E-state index is -0.334. The molecule has 1 atom stereocenters. The smallest absolute Gasteiger partial charge is 0.330 e. The van der Waals surface area contributed by atoms with Crippen LogP contribution >= 0.6 is 0 Å². The fourth-order valence-corrected chi connectivity index (χ4v) is 2.74. The Bertz CT molecular complexity index is 476. The van der Waals surface area contributed by atoms with Gasteiger partial charge in [0, 0.05) is 25.7 Å². The Labute approximate surface area is 111 Å². The monoisotopic (exact) mass is 265 g/mol. The Morgan fingerprint density at radius 2 is 2.37 bits per heavy atom. The van der Waals surface area contributed by atoms with E-state index in [0.717, 1.165) is 32.4 Å². The molecule has 2 fully saturated rings. The fourth-order valence-electron chi connectivity index (χ4n) is 2.74. The number of nitrogens with one attached hydrogen (secondary N) is 1. The second-order valence-electron chi connectivity index (χ2n) is 5.45. The lowest BCUT2D eigenvalue weighted by Gasteiger charge is -2.25. The zero-order chi connectivity index (χ0) is 13.4. The molecular weight excluding hydrogens is 246 g/mol. The summed E-state index contributed by atoms with van der Waals surface area (Å²) in [7, 11) is 1.73.